The smallest absolute Gasteiger partial charge is 0.0438 e. The van der Waals surface area contributed by atoms with Crippen molar-refractivity contribution in [2.24, 2.45) is 11.8 Å². The molecule has 1 saturated carbocycles. The molecule has 0 radical (unpaired) electrons. The molecule has 0 amide bonds. The average molecular weight is 264 g/mol. The van der Waals surface area contributed by atoms with E-state index in [1.165, 1.54) is 36.9 Å². The maximum absolute atomic E-state index is 6.33. The molecule has 1 heterocycles. The van der Waals surface area contributed by atoms with Gasteiger partial charge >= 0.3 is 0 Å². The van der Waals surface area contributed by atoms with Crippen molar-refractivity contribution < 1.29 is 0 Å². The van der Waals surface area contributed by atoms with Crippen LogP contribution in [0.25, 0.3) is 0 Å². The van der Waals surface area contributed by atoms with Crippen molar-refractivity contribution in [2.45, 2.75) is 38.5 Å². The molecular weight excluding hydrogens is 242 g/mol. The number of fused-ring (bicyclic) bond motifs is 1. The highest BCUT2D eigenvalue weighted by molar-refractivity contribution is 6.31. The molecule has 1 nitrogen and oxygen atoms in total. The normalized spacial score (nSPS) is 34.8. The molecule has 1 unspecified atom stereocenters. The molecule has 0 bridgehead atoms. The van der Waals surface area contributed by atoms with Crippen molar-refractivity contribution in [3.8, 4) is 0 Å². The van der Waals surface area contributed by atoms with Crippen LogP contribution in [0.2, 0.25) is 5.02 Å². The van der Waals surface area contributed by atoms with Crippen molar-refractivity contribution >= 4 is 11.6 Å². The molecule has 0 spiro atoms. The van der Waals surface area contributed by atoms with E-state index in [-0.39, 0.29) is 0 Å². The van der Waals surface area contributed by atoms with Crippen LogP contribution in [0.5, 0.6) is 0 Å². The third kappa shape index (κ3) is 1.80. The summed E-state index contributed by atoms with van der Waals surface area (Å²) in [5.41, 5.74) is 3.01. The molecule has 2 fully saturated rings. The van der Waals surface area contributed by atoms with Crippen molar-refractivity contribution in [1.29, 1.82) is 0 Å². The van der Waals surface area contributed by atoms with Crippen LogP contribution in [-0.2, 0) is 5.41 Å². The molecule has 98 valence electrons. The van der Waals surface area contributed by atoms with Crippen LogP contribution < -0.4 is 5.32 Å². The largest absolute Gasteiger partial charge is 0.316 e. The highest BCUT2D eigenvalue weighted by atomic mass is 35.5. The van der Waals surface area contributed by atoms with Gasteiger partial charge in [-0.2, -0.15) is 0 Å². The molecule has 0 aromatic heterocycles. The summed E-state index contributed by atoms with van der Waals surface area (Å²) in [6, 6.07) is 6.70. The van der Waals surface area contributed by atoms with E-state index >= 15 is 0 Å². The Labute approximate surface area is 115 Å². The fourth-order valence-electron chi connectivity index (χ4n) is 4.03. The zero-order valence-corrected chi connectivity index (χ0v) is 12.1. The lowest BCUT2D eigenvalue weighted by atomic mass is 9.74. The molecule has 1 saturated heterocycles. The molecule has 2 heteroatoms. The molecule has 1 aliphatic carbocycles. The Kier molecular flexibility index (Phi) is 3.15. The van der Waals surface area contributed by atoms with Crippen molar-refractivity contribution in [3.63, 3.8) is 0 Å². The first-order valence-electron chi connectivity index (χ1n) is 7.13. The fraction of sp³-hybridized carbons (Fsp3) is 0.625. The van der Waals surface area contributed by atoms with Crippen LogP contribution in [0.4, 0.5) is 0 Å². The topological polar surface area (TPSA) is 12.0 Å². The summed E-state index contributed by atoms with van der Waals surface area (Å²) in [5, 5.41) is 4.52. The maximum Gasteiger partial charge on any atom is 0.0438 e. The first-order valence-corrected chi connectivity index (χ1v) is 7.51. The predicted molar refractivity (Wildman–Crippen MR) is 77.2 cm³/mol. The number of aryl methyl sites for hydroxylation is 1. The Bertz CT molecular complexity index is 456. The van der Waals surface area contributed by atoms with Crippen molar-refractivity contribution in [3.05, 3.63) is 34.3 Å². The first kappa shape index (κ1) is 12.5. The molecule has 3 rings (SSSR count). The molecule has 1 N–H and O–H groups in total. The Morgan fingerprint density at radius 1 is 1.44 bits per heavy atom. The third-order valence-electron chi connectivity index (χ3n) is 5.21. The minimum absolute atomic E-state index is 0.359. The summed E-state index contributed by atoms with van der Waals surface area (Å²) in [7, 11) is 0. The number of nitrogens with one attached hydrogen (secondary N) is 1. The van der Waals surface area contributed by atoms with E-state index in [9.17, 15) is 0 Å². The average Bonchev–Trinajstić information content (AvgIpc) is 2.89. The lowest BCUT2D eigenvalue weighted by molar-refractivity contribution is 0.396. The lowest BCUT2D eigenvalue weighted by Gasteiger charge is -2.30. The minimum Gasteiger partial charge on any atom is -0.316 e. The first-order chi connectivity index (χ1) is 8.65. The molecular formula is C16H22ClN. The van der Waals surface area contributed by atoms with Gasteiger partial charge < -0.3 is 5.32 Å². The monoisotopic (exact) mass is 263 g/mol. The van der Waals surface area contributed by atoms with Gasteiger partial charge in [0, 0.05) is 17.0 Å². The van der Waals surface area contributed by atoms with Crippen molar-refractivity contribution in [2.75, 3.05) is 13.1 Å². The van der Waals surface area contributed by atoms with Gasteiger partial charge in [-0.3, -0.25) is 0 Å². The standard InChI is InChI=1S/C16H22ClN/c1-3-12-6-14-9-18-10-16(14,8-12)13-5-4-11(2)15(17)7-13/h4-5,7,12,14,18H,3,6,8-10H2,1-2H3/t12?,14-,16+/m1/s1. The summed E-state index contributed by atoms with van der Waals surface area (Å²) in [6.45, 7) is 6.72. The van der Waals surface area contributed by atoms with Gasteiger partial charge in [0.2, 0.25) is 0 Å². The Balaban J connectivity index is 1.99. The lowest BCUT2D eigenvalue weighted by Crippen LogP contribution is -2.31. The van der Waals surface area contributed by atoms with Gasteiger partial charge in [0.1, 0.15) is 0 Å². The van der Waals surface area contributed by atoms with E-state index in [4.69, 9.17) is 11.6 Å². The molecule has 1 aliphatic heterocycles. The SMILES string of the molecule is CCC1C[C@@H]2CNC[C@]2(c2ccc(C)c(Cl)c2)C1. The predicted octanol–water partition coefficient (Wildman–Crippen LogP) is 3.93. The van der Waals surface area contributed by atoms with Crippen LogP contribution in [0.15, 0.2) is 18.2 Å². The molecule has 2 aliphatic rings. The highest BCUT2D eigenvalue weighted by Crippen LogP contribution is 2.51. The second kappa shape index (κ2) is 4.54. The van der Waals surface area contributed by atoms with E-state index in [2.05, 4.69) is 37.4 Å². The summed E-state index contributed by atoms with van der Waals surface area (Å²) >= 11 is 6.33. The van der Waals surface area contributed by atoms with Gasteiger partial charge in [0.15, 0.2) is 0 Å². The second-order valence-corrected chi connectivity index (χ2v) is 6.57. The number of rotatable bonds is 2. The number of hydrogen-bond acceptors (Lipinski definition) is 1. The van der Waals surface area contributed by atoms with Gasteiger partial charge in [0.25, 0.3) is 0 Å². The summed E-state index contributed by atoms with van der Waals surface area (Å²) < 4.78 is 0. The second-order valence-electron chi connectivity index (χ2n) is 6.16. The van der Waals surface area contributed by atoms with E-state index < -0.39 is 0 Å². The van der Waals surface area contributed by atoms with Crippen LogP contribution in [0.1, 0.15) is 37.3 Å². The van der Waals surface area contributed by atoms with E-state index in [1.807, 2.05) is 0 Å². The summed E-state index contributed by atoms with van der Waals surface area (Å²) in [5.74, 6) is 1.71. The maximum atomic E-state index is 6.33. The van der Waals surface area contributed by atoms with Gasteiger partial charge in [-0.25, -0.2) is 0 Å². The van der Waals surface area contributed by atoms with Gasteiger partial charge in [-0.15, -0.1) is 0 Å². The van der Waals surface area contributed by atoms with Crippen LogP contribution in [-0.4, -0.2) is 13.1 Å². The Morgan fingerprint density at radius 2 is 2.28 bits per heavy atom. The molecule has 3 atom stereocenters. The zero-order chi connectivity index (χ0) is 12.8. The van der Waals surface area contributed by atoms with E-state index in [0.29, 0.717) is 5.41 Å². The van der Waals surface area contributed by atoms with Crippen LogP contribution in [0.3, 0.4) is 0 Å². The quantitative estimate of drug-likeness (QED) is 0.853. The number of benzene rings is 1. The molecule has 1 aromatic carbocycles. The Hall–Kier alpha value is -0.530. The van der Waals surface area contributed by atoms with Gasteiger partial charge in [0.05, 0.1) is 0 Å². The zero-order valence-electron chi connectivity index (χ0n) is 11.3. The minimum atomic E-state index is 0.359. The number of halogens is 1. The van der Waals surface area contributed by atoms with Gasteiger partial charge in [-0.1, -0.05) is 37.1 Å². The van der Waals surface area contributed by atoms with Crippen LogP contribution >= 0.6 is 11.6 Å². The molecule has 18 heavy (non-hydrogen) atoms. The van der Waals surface area contributed by atoms with Crippen LogP contribution in [0, 0.1) is 18.8 Å². The van der Waals surface area contributed by atoms with E-state index in [0.717, 1.165) is 23.4 Å². The Morgan fingerprint density at radius 3 is 3.00 bits per heavy atom. The third-order valence-corrected chi connectivity index (χ3v) is 5.61. The molecule has 1 aromatic rings. The van der Waals surface area contributed by atoms with E-state index in [1.54, 1.807) is 0 Å². The summed E-state index contributed by atoms with van der Waals surface area (Å²) in [4.78, 5) is 0. The highest BCUT2D eigenvalue weighted by Gasteiger charge is 2.50. The van der Waals surface area contributed by atoms with Gasteiger partial charge in [-0.05, 0) is 55.3 Å². The number of hydrogen-bond donors (Lipinski definition) is 1. The van der Waals surface area contributed by atoms with Crippen molar-refractivity contribution in [1.82, 2.24) is 5.32 Å². The fourth-order valence-corrected chi connectivity index (χ4v) is 4.21. The summed E-state index contributed by atoms with van der Waals surface area (Å²) in [6.07, 6.45) is 4.04.